The SMILES string of the molecule is CCC1(C)CCN(C2(CN)CCCN(Cc3ccccc3)C2)CC1. The molecule has 2 saturated heterocycles. The Morgan fingerprint density at radius 1 is 1.04 bits per heavy atom. The van der Waals surface area contributed by atoms with Gasteiger partial charge in [-0.1, -0.05) is 50.6 Å². The molecule has 0 aliphatic carbocycles. The van der Waals surface area contributed by atoms with Crippen molar-refractivity contribution in [1.29, 1.82) is 0 Å². The zero-order valence-corrected chi connectivity index (χ0v) is 15.6. The van der Waals surface area contributed by atoms with E-state index in [-0.39, 0.29) is 5.54 Å². The molecular weight excluding hydrogens is 294 g/mol. The number of hydrogen-bond acceptors (Lipinski definition) is 3. The van der Waals surface area contributed by atoms with Crippen LogP contribution in [0.3, 0.4) is 0 Å². The molecule has 2 aliphatic rings. The third-order valence-corrected chi connectivity index (χ3v) is 6.76. The highest BCUT2D eigenvalue weighted by Gasteiger charge is 2.42. The van der Waals surface area contributed by atoms with Crippen LogP contribution in [0.5, 0.6) is 0 Å². The summed E-state index contributed by atoms with van der Waals surface area (Å²) >= 11 is 0. The molecule has 1 aromatic rings. The van der Waals surface area contributed by atoms with Gasteiger partial charge in [-0.15, -0.1) is 0 Å². The number of rotatable bonds is 5. The fraction of sp³-hybridized carbons (Fsp3) is 0.714. The Hall–Kier alpha value is -0.900. The first-order valence-corrected chi connectivity index (χ1v) is 9.81. The second kappa shape index (κ2) is 7.55. The van der Waals surface area contributed by atoms with Crippen LogP contribution in [0.4, 0.5) is 0 Å². The van der Waals surface area contributed by atoms with Gasteiger partial charge in [0.1, 0.15) is 0 Å². The van der Waals surface area contributed by atoms with E-state index in [1.807, 2.05) is 0 Å². The smallest absolute Gasteiger partial charge is 0.0458 e. The molecule has 0 bridgehead atoms. The van der Waals surface area contributed by atoms with Crippen molar-refractivity contribution in [2.45, 2.75) is 58.0 Å². The maximum atomic E-state index is 6.36. The molecule has 2 fully saturated rings. The van der Waals surface area contributed by atoms with E-state index in [9.17, 15) is 0 Å². The highest BCUT2D eigenvalue weighted by Crippen LogP contribution is 2.38. The second-order valence-corrected chi connectivity index (χ2v) is 8.38. The molecule has 3 nitrogen and oxygen atoms in total. The van der Waals surface area contributed by atoms with E-state index in [0.29, 0.717) is 5.41 Å². The Morgan fingerprint density at radius 2 is 1.75 bits per heavy atom. The third-order valence-electron chi connectivity index (χ3n) is 6.76. The number of nitrogens with zero attached hydrogens (tertiary/aromatic N) is 2. The molecule has 0 radical (unpaired) electrons. The summed E-state index contributed by atoms with van der Waals surface area (Å²) in [6.45, 7) is 11.4. The standard InChI is InChI=1S/C21H35N3/c1-3-20(2)11-14-24(15-12-20)21(17-22)10-7-13-23(18-21)16-19-8-5-4-6-9-19/h4-6,8-9H,3,7,10-18,22H2,1-2H3. The minimum atomic E-state index is 0.197. The first kappa shape index (κ1) is 17.9. The van der Waals surface area contributed by atoms with Crippen molar-refractivity contribution in [2.24, 2.45) is 11.1 Å². The van der Waals surface area contributed by atoms with E-state index in [4.69, 9.17) is 5.73 Å². The minimum absolute atomic E-state index is 0.197. The van der Waals surface area contributed by atoms with Gasteiger partial charge in [-0.3, -0.25) is 9.80 Å². The Morgan fingerprint density at radius 3 is 2.38 bits per heavy atom. The van der Waals surface area contributed by atoms with Crippen molar-refractivity contribution in [3.05, 3.63) is 35.9 Å². The molecule has 2 N–H and O–H groups in total. The zero-order valence-electron chi connectivity index (χ0n) is 15.6. The van der Waals surface area contributed by atoms with Crippen molar-refractivity contribution < 1.29 is 0 Å². The molecule has 24 heavy (non-hydrogen) atoms. The average Bonchev–Trinajstić information content (AvgIpc) is 2.63. The molecule has 134 valence electrons. The van der Waals surface area contributed by atoms with Crippen LogP contribution in [0.15, 0.2) is 30.3 Å². The lowest BCUT2D eigenvalue weighted by atomic mass is 9.76. The Balaban J connectivity index is 1.66. The molecule has 0 aromatic heterocycles. The quantitative estimate of drug-likeness (QED) is 0.897. The third kappa shape index (κ3) is 3.84. The summed E-state index contributed by atoms with van der Waals surface area (Å²) in [5.41, 5.74) is 8.52. The van der Waals surface area contributed by atoms with E-state index in [1.165, 1.54) is 57.3 Å². The molecule has 3 rings (SSSR count). The van der Waals surface area contributed by atoms with Gasteiger partial charge < -0.3 is 5.73 Å². The van der Waals surface area contributed by atoms with Crippen molar-refractivity contribution in [1.82, 2.24) is 9.80 Å². The Labute approximate surface area is 148 Å². The van der Waals surface area contributed by atoms with E-state index in [0.717, 1.165) is 19.6 Å². The van der Waals surface area contributed by atoms with Gasteiger partial charge in [-0.05, 0) is 56.3 Å². The molecule has 1 aromatic carbocycles. The summed E-state index contributed by atoms with van der Waals surface area (Å²) in [4.78, 5) is 5.36. The van der Waals surface area contributed by atoms with E-state index < -0.39 is 0 Å². The number of benzene rings is 1. The second-order valence-electron chi connectivity index (χ2n) is 8.38. The van der Waals surface area contributed by atoms with Gasteiger partial charge in [0.15, 0.2) is 0 Å². The summed E-state index contributed by atoms with van der Waals surface area (Å²) in [6.07, 6.45) is 6.48. The van der Waals surface area contributed by atoms with Gasteiger partial charge >= 0.3 is 0 Å². The topological polar surface area (TPSA) is 32.5 Å². The summed E-state index contributed by atoms with van der Waals surface area (Å²) in [5.74, 6) is 0. The average molecular weight is 330 g/mol. The maximum Gasteiger partial charge on any atom is 0.0458 e. The Bertz CT molecular complexity index is 507. The lowest BCUT2D eigenvalue weighted by molar-refractivity contribution is -0.0223. The summed E-state index contributed by atoms with van der Waals surface area (Å²) in [5, 5.41) is 0. The van der Waals surface area contributed by atoms with Crippen LogP contribution in [-0.2, 0) is 6.54 Å². The van der Waals surface area contributed by atoms with Crippen LogP contribution in [-0.4, -0.2) is 48.1 Å². The van der Waals surface area contributed by atoms with Crippen LogP contribution in [0.1, 0.15) is 51.5 Å². The molecular formula is C21H35N3. The number of likely N-dealkylation sites (tertiary alicyclic amines) is 2. The van der Waals surface area contributed by atoms with Crippen LogP contribution < -0.4 is 5.73 Å². The van der Waals surface area contributed by atoms with Crippen LogP contribution in [0.25, 0.3) is 0 Å². The van der Waals surface area contributed by atoms with Gasteiger partial charge in [0.25, 0.3) is 0 Å². The Kier molecular flexibility index (Phi) is 5.63. The van der Waals surface area contributed by atoms with Crippen molar-refractivity contribution in [3.63, 3.8) is 0 Å². The number of nitrogens with two attached hydrogens (primary N) is 1. The zero-order chi connectivity index (χ0) is 17.0. The molecule has 2 heterocycles. The molecule has 3 heteroatoms. The predicted octanol–water partition coefficient (Wildman–Crippen LogP) is 3.49. The van der Waals surface area contributed by atoms with Gasteiger partial charge in [-0.25, -0.2) is 0 Å². The van der Waals surface area contributed by atoms with Gasteiger partial charge in [0, 0.05) is 25.2 Å². The van der Waals surface area contributed by atoms with E-state index in [2.05, 4.69) is 54.0 Å². The molecule has 0 spiro atoms. The van der Waals surface area contributed by atoms with Crippen molar-refractivity contribution in [2.75, 3.05) is 32.7 Å². The summed E-state index contributed by atoms with van der Waals surface area (Å²) < 4.78 is 0. The molecule has 1 atom stereocenters. The maximum absolute atomic E-state index is 6.36. The van der Waals surface area contributed by atoms with Crippen LogP contribution in [0.2, 0.25) is 0 Å². The van der Waals surface area contributed by atoms with E-state index in [1.54, 1.807) is 0 Å². The van der Waals surface area contributed by atoms with Crippen LogP contribution >= 0.6 is 0 Å². The molecule has 1 unspecified atom stereocenters. The van der Waals surface area contributed by atoms with Crippen molar-refractivity contribution >= 4 is 0 Å². The van der Waals surface area contributed by atoms with Gasteiger partial charge in [0.2, 0.25) is 0 Å². The molecule has 2 aliphatic heterocycles. The minimum Gasteiger partial charge on any atom is -0.329 e. The molecule has 0 amide bonds. The lowest BCUT2D eigenvalue weighted by Gasteiger charge is -2.53. The summed E-state index contributed by atoms with van der Waals surface area (Å²) in [7, 11) is 0. The molecule has 0 saturated carbocycles. The van der Waals surface area contributed by atoms with Crippen molar-refractivity contribution in [3.8, 4) is 0 Å². The number of hydrogen-bond donors (Lipinski definition) is 1. The van der Waals surface area contributed by atoms with E-state index >= 15 is 0 Å². The largest absolute Gasteiger partial charge is 0.329 e. The highest BCUT2D eigenvalue weighted by molar-refractivity contribution is 5.15. The van der Waals surface area contributed by atoms with Gasteiger partial charge in [-0.2, -0.15) is 0 Å². The van der Waals surface area contributed by atoms with Gasteiger partial charge in [0.05, 0.1) is 0 Å². The fourth-order valence-corrected chi connectivity index (χ4v) is 4.61. The first-order valence-electron chi connectivity index (χ1n) is 9.81. The predicted molar refractivity (Wildman–Crippen MR) is 102 cm³/mol. The first-order chi connectivity index (χ1) is 11.6. The fourth-order valence-electron chi connectivity index (χ4n) is 4.61. The highest BCUT2D eigenvalue weighted by atomic mass is 15.3. The normalized spacial score (nSPS) is 28.8. The lowest BCUT2D eigenvalue weighted by Crippen LogP contribution is -2.64. The van der Waals surface area contributed by atoms with Crippen LogP contribution in [0, 0.1) is 5.41 Å². The summed E-state index contributed by atoms with van der Waals surface area (Å²) in [6, 6.07) is 10.9. The number of piperidine rings is 2. The monoisotopic (exact) mass is 329 g/mol.